The van der Waals surface area contributed by atoms with Gasteiger partial charge in [-0.05, 0) is 54.0 Å². The van der Waals surface area contributed by atoms with Gasteiger partial charge in [0.2, 0.25) is 0 Å². The number of rotatable bonds is 2. The van der Waals surface area contributed by atoms with Crippen molar-refractivity contribution < 1.29 is 9.90 Å². The summed E-state index contributed by atoms with van der Waals surface area (Å²) in [6.45, 7) is 3.38. The molecule has 5 rings (SSSR count). The molecule has 7 nitrogen and oxygen atoms in total. The van der Waals surface area contributed by atoms with E-state index in [4.69, 9.17) is 0 Å². The molecule has 1 unspecified atom stereocenters. The molecule has 7 heteroatoms. The molecule has 2 aromatic heterocycles. The zero-order chi connectivity index (χ0) is 18.7. The number of nitrogens with zero attached hydrogens (tertiary/aromatic N) is 5. The highest BCUT2D eigenvalue weighted by atomic mass is 16.4. The second kappa shape index (κ2) is 5.70. The number of hydrogen-bond acceptors (Lipinski definition) is 3. The Labute approximate surface area is 156 Å². The van der Waals surface area contributed by atoms with Gasteiger partial charge in [-0.2, -0.15) is 10.2 Å². The predicted octanol–water partition coefficient (Wildman–Crippen LogP) is 3.08. The lowest BCUT2D eigenvalue weighted by Crippen LogP contribution is -2.27. The van der Waals surface area contributed by atoms with Crippen molar-refractivity contribution in [3.63, 3.8) is 0 Å². The molecule has 27 heavy (non-hydrogen) atoms. The molecule has 1 amide bonds. The first kappa shape index (κ1) is 16.1. The average molecular weight is 363 g/mol. The molecule has 1 saturated heterocycles. The van der Waals surface area contributed by atoms with Crippen molar-refractivity contribution in [2.45, 2.75) is 13.3 Å². The van der Waals surface area contributed by atoms with E-state index in [9.17, 15) is 9.90 Å². The van der Waals surface area contributed by atoms with Gasteiger partial charge >= 0.3 is 6.09 Å². The Balaban J connectivity index is 1.54. The summed E-state index contributed by atoms with van der Waals surface area (Å²) in [4.78, 5) is 12.8. The third-order valence-electron chi connectivity index (χ3n) is 5.86. The Morgan fingerprint density at radius 3 is 2.78 bits per heavy atom. The monoisotopic (exact) mass is 363 g/mol. The molecular formula is C20H21N5O2. The van der Waals surface area contributed by atoms with Gasteiger partial charge in [-0.15, -0.1) is 0 Å². The zero-order valence-electron chi connectivity index (χ0n) is 15.3. The number of carbonyl (C=O) groups is 1. The van der Waals surface area contributed by atoms with Gasteiger partial charge in [0.15, 0.2) is 0 Å². The molecule has 1 fully saturated rings. The first-order valence-electron chi connectivity index (χ1n) is 9.16. The van der Waals surface area contributed by atoms with E-state index in [1.165, 1.54) is 21.6 Å². The second-order valence-electron chi connectivity index (χ2n) is 7.66. The van der Waals surface area contributed by atoms with Gasteiger partial charge in [0.05, 0.1) is 24.1 Å². The van der Waals surface area contributed by atoms with Crippen LogP contribution >= 0.6 is 0 Å². The minimum absolute atomic E-state index is 0.328. The van der Waals surface area contributed by atoms with Crippen LogP contribution in [-0.2, 0) is 7.05 Å². The minimum Gasteiger partial charge on any atom is -0.465 e. The molecule has 1 aliphatic heterocycles. The lowest BCUT2D eigenvalue weighted by molar-refractivity contribution is 0.153. The standard InChI is InChI=1S/C20H21N5O2/c1-12-3-14-7-22-25(17-8-21-23(2)11-17)19(14)6-18(12)13-4-15-9-24(20(26)27)10-16(15)5-13/h3-4,6-8,11,15-16H,5,9-10H2,1-2H3,(H,26,27)/t15-,16?/m1/s1. The number of aryl methyl sites for hydroxylation is 2. The van der Waals surface area contributed by atoms with E-state index in [1.807, 2.05) is 30.3 Å². The number of allylic oxidation sites excluding steroid dienone is 1. The van der Waals surface area contributed by atoms with Crippen LogP contribution in [0.3, 0.4) is 0 Å². The molecular weight excluding hydrogens is 342 g/mol. The summed E-state index contributed by atoms with van der Waals surface area (Å²) in [6.07, 6.45) is 8.06. The summed E-state index contributed by atoms with van der Waals surface area (Å²) in [5, 5.41) is 19.1. The average Bonchev–Trinajstić information content (AvgIpc) is 3.35. The van der Waals surface area contributed by atoms with Crippen LogP contribution in [0.2, 0.25) is 0 Å². The van der Waals surface area contributed by atoms with E-state index in [-0.39, 0.29) is 0 Å². The van der Waals surface area contributed by atoms with Crippen LogP contribution in [0.15, 0.2) is 36.8 Å². The highest BCUT2D eigenvalue weighted by Crippen LogP contribution is 2.42. The van der Waals surface area contributed by atoms with Crippen LogP contribution < -0.4 is 0 Å². The fourth-order valence-corrected chi connectivity index (χ4v) is 4.52. The molecule has 0 saturated carbocycles. The number of aromatic nitrogens is 4. The van der Waals surface area contributed by atoms with Gasteiger partial charge in [0.25, 0.3) is 0 Å². The summed E-state index contributed by atoms with van der Waals surface area (Å²) in [5.74, 6) is 0.726. The summed E-state index contributed by atoms with van der Waals surface area (Å²) < 4.78 is 3.70. The van der Waals surface area contributed by atoms with Crippen LogP contribution in [0, 0.1) is 18.8 Å². The van der Waals surface area contributed by atoms with E-state index < -0.39 is 6.09 Å². The Kier molecular flexibility index (Phi) is 3.40. The minimum atomic E-state index is -0.808. The highest BCUT2D eigenvalue weighted by molar-refractivity contribution is 5.86. The molecule has 2 atom stereocenters. The SMILES string of the molecule is Cc1cc2cnn(-c3cnn(C)c3)c2cc1C1=C[C@@H]2CN(C(=O)O)CC2C1. The van der Waals surface area contributed by atoms with Crippen molar-refractivity contribution in [1.82, 2.24) is 24.5 Å². The third kappa shape index (κ3) is 2.53. The number of amides is 1. The molecule has 2 aliphatic rings. The van der Waals surface area contributed by atoms with E-state index in [0.717, 1.165) is 23.0 Å². The largest absolute Gasteiger partial charge is 0.465 e. The Morgan fingerprint density at radius 2 is 2.07 bits per heavy atom. The Hall–Kier alpha value is -3.09. The van der Waals surface area contributed by atoms with Gasteiger partial charge in [-0.3, -0.25) is 4.68 Å². The fourth-order valence-electron chi connectivity index (χ4n) is 4.52. The van der Waals surface area contributed by atoms with Gasteiger partial charge < -0.3 is 10.0 Å². The van der Waals surface area contributed by atoms with Crippen molar-refractivity contribution in [2.75, 3.05) is 13.1 Å². The molecule has 1 aliphatic carbocycles. The summed E-state index contributed by atoms with van der Waals surface area (Å²) >= 11 is 0. The number of carboxylic acid groups (broad SMARTS) is 1. The predicted molar refractivity (Wildman–Crippen MR) is 102 cm³/mol. The molecule has 1 N–H and O–H groups in total. The van der Waals surface area contributed by atoms with Crippen molar-refractivity contribution in [3.8, 4) is 5.69 Å². The zero-order valence-corrected chi connectivity index (χ0v) is 15.3. The van der Waals surface area contributed by atoms with Crippen molar-refractivity contribution in [3.05, 3.63) is 47.9 Å². The molecule has 138 valence electrons. The maximum absolute atomic E-state index is 11.2. The topological polar surface area (TPSA) is 76.2 Å². The van der Waals surface area contributed by atoms with Crippen LogP contribution in [0.5, 0.6) is 0 Å². The van der Waals surface area contributed by atoms with E-state index in [2.05, 4.69) is 35.3 Å². The van der Waals surface area contributed by atoms with E-state index >= 15 is 0 Å². The number of fused-ring (bicyclic) bond motifs is 2. The number of benzene rings is 1. The van der Waals surface area contributed by atoms with Crippen LogP contribution in [0.25, 0.3) is 22.2 Å². The van der Waals surface area contributed by atoms with Crippen molar-refractivity contribution in [1.29, 1.82) is 0 Å². The van der Waals surface area contributed by atoms with Gasteiger partial charge in [-0.1, -0.05) is 6.08 Å². The molecule has 0 radical (unpaired) electrons. The molecule has 0 spiro atoms. The molecule has 0 bridgehead atoms. The molecule has 3 aromatic rings. The van der Waals surface area contributed by atoms with Gasteiger partial charge in [0.1, 0.15) is 5.69 Å². The Morgan fingerprint density at radius 1 is 1.22 bits per heavy atom. The second-order valence-corrected chi connectivity index (χ2v) is 7.66. The van der Waals surface area contributed by atoms with E-state index in [0.29, 0.717) is 24.9 Å². The summed E-state index contributed by atoms with van der Waals surface area (Å²) in [5.41, 5.74) is 5.80. The summed E-state index contributed by atoms with van der Waals surface area (Å²) in [6, 6.07) is 4.40. The lowest BCUT2D eigenvalue weighted by atomic mass is 9.95. The third-order valence-corrected chi connectivity index (χ3v) is 5.86. The fraction of sp³-hybridized carbons (Fsp3) is 0.350. The number of hydrogen-bond donors (Lipinski definition) is 1. The normalized spacial score (nSPS) is 21.7. The van der Waals surface area contributed by atoms with Gasteiger partial charge in [-0.25, -0.2) is 9.48 Å². The van der Waals surface area contributed by atoms with Crippen LogP contribution in [0.4, 0.5) is 4.79 Å². The number of likely N-dealkylation sites (tertiary alicyclic amines) is 1. The Bertz CT molecular complexity index is 1090. The quantitative estimate of drug-likeness (QED) is 0.759. The van der Waals surface area contributed by atoms with Gasteiger partial charge in [0, 0.05) is 25.5 Å². The van der Waals surface area contributed by atoms with E-state index in [1.54, 1.807) is 4.68 Å². The molecule has 1 aromatic carbocycles. The van der Waals surface area contributed by atoms with Crippen molar-refractivity contribution >= 4 is 22.6 Å². The first-order valence-corrected chi connectivity index (χ1v) is 9.16. The maximum atomic E-state index is 11.2. The van der Waals surface area contributed by atoms with Crippen LogP contribution in [0.1, 0.15) is 17.5 Å². The lowest BCUT2D eigenvalue weighted by Gasteiger charge is -2.14. The maximum Gasteiger partial charge on any atom is 0.407 e. The molecule has 3 heterocycles. The van der Waals surface area contributed by atoms with Crippen molar-refractivity contribution in [2.24, 2.45) is 18.9 Å². The first-order chi connectivity index (χ1) is 13.0. The highest BCUT2D eigenvalue weighted by Gasteiger charge is 2.38. The smallest absolute Gasteiger partial charge is 0.407 e. The van der Waals surface area contributed by atoms with Crippen LogP contribution in [-0.4, -0.2) is 48.8 Å². The summed E-state index contributed by atoms with van der Waals surface area (Å²) in [7, 11) is 1.90.